The monoisotopic (exact) mass is 279 g/mol. The van der Waals surface area contributed by atoms with Crippen LogP contribution in [-0.4, -0.2) is 54.0 Å². The molecule has 0 unspecified atom stereocenters. The van der Waals surface area contributed by atoms with Crippen molar-refractivity contribution in [3.63, 3.8) is 0 Å². The van der Waals surface area contributed by atoms with Crippen LogP contribution in [0.2, 0.25) is 0 Å². The maximum absolute atomic E-state index is 12.4. The number of amides is 3. The van der Waals surface area contributed by atoms with Gasteiger partial charge in [-0.2, -0.15) is 0 Å². The van der Waals surface area contributed by atoms with Crippen molar-refractivity contribution in [2.24, 2.45) is 11.8 Å². The highest BCUT2D eigenvalue weighted by Crippen LogP contribution is 2.38. The Kier molecular flexibility index (Phi) is 3.85. The zero-order valence-electron chi connectivity index (χ0n) is 12.3. The summed E-state index contributed by atoms with van der Waals surface area (Å²) in [5, 5.41) is 2.85. The third-order valence-electron chi connectivity index (χ3n) is 5.00. The molecule has 1 aliphatic carbocycles. The van der Waals surface area contributed by atoms with Crippen molar-refractivity contribution in [3.8, 4) is 0 Å². The average Bonchev–Trinajstić information content (AvgIpc) is 3.21. The van der Waals surface area contributed by atoms with Gasteiger partial charge in [-0.1, -0.05) is 6.92 Å². The van der Waals surface area contributed by atoms with E-state index in [1.54, 1.807) is 0 Å². The van der Waals surface area contributed by atoms with Crippen molar-refractivity contribution >= 4 is 11.9 Å². The molecule has 5 heteroatoms. The van der Waals surface area contributed by atoms with Gasteiger partial charge in [0.15, 0.2) is 0 Å². The second-order valence-corrected chi connectivity index (χ2v) is 6.58. The van der Waals surface area contributed by atoms with Gasteiger partial charge in [-0.3, -0.25) is 4.79 Å². The largest absolute Gasteiger partial charge is 0.341 e. The summed E-state index contributed by atoms with van der Waals surface area (Å²) in [4.78, 5) is 28.0. The Hall–Kier alpha value is -1.26. The second kappa shape index (κ2) is 5.62. The third kappa shape index (κ3) is 2.91. The highest BCUT2D eigenvalue weighted by Gasteiger charge is 2.34. The topological polar surface area (TPSA) is 52.7 Å². The molecule has 3 fully saturated rings. The first-order valence-electron chi connectivity index (χ1n) is 7.97. The van der Waals surface area contributed by atoms with E-state index in [-0.39, 0.29) is 18.0 Å². The lowest BCUT2D eigenvalue weighted by Gasteiger charge is -2.37. The van der Waals surface area contributed by atoms with Crippen molar-refractivity contribution in [3.05, 3.63) is 0 Å². The molecule has 2 atom stereocenters. The summed E-state index contributed by atoms with van der Waals surface area (Å²) in [6.07, 6.45) is 5.31. The molecule has 0 spiro atoms. The van der Waals surface area contributed by atoms with Crippen molar-refractivity contribution < 1.29 is 9.59 Å². The van der Waals surface area contributed by atoms with E-state index in [4.69, 9.17) is 0 Å². The van der Waals surface area contributed by atoms with E-state index in [1.165, 1.54) is 12.8 Å². The smallest absolute Gasteiger partial charge is 0.317 e. The van der Waals surface area contributed by atoms with Gasteiger partial charge >= 0.3 is 6.03 Å². The Bertz CT molecular complexity index is 395. The minimum absolute atomic E-state index is 0.0376. The van der Waals surface area contributed by atoms with E-state index in [0.717, 1.165) is 44.9 Å². The molecule has 112 valence electrons. The van der Waals surface area contributed by atoms with Gasteiger partial charge in [-0.05, 0) is 37.5 Å². The number of nitrogens with zero attached hydrogens (tertiary/aromatic N) is 2. The van der Waals surface area contributed by atoms with Crippen molar-refractivity contribution in [1.29, 1.82) is 0 Å². The van der Waals surface area contributed by atoms with E-state index in [1.807, 2.05) is 9.80 Å². The average molecular weight is 279 g/mol. The summed E-state index contributed by atoms with van der Waals surface area (Å²) < 4.78 is 0. The molecule has 0 radical (unpaired) electrons. The fourth-order valence-electron chi connectivity index (χ4n) is 3.51. The van der Waals surface area contributed by atoms with E-state index in [0.29, 0.717) is 12.3 Å². The van der Waals surface area contributed by atoms with Gasteiger partial charge in [0.05, 0.1) is 6.04 Å². The van der Waals surface area contributed by atoms with Crippen molar-refractivity contribution in [2.75, 3.05) is 26.2 Å². The van der Waals surface area contributed by atoms with Gasteiger partial charge < -0.3 is 15.1 Å². The quantitative estimate of drug-likeness (QED) is 0.846. The molecule has 0 bridgehead atoms. The summed E-state index contributed by atoms with van der Waals surface area (Å²) in [6.45, 7) is 5.31. The second-order valence-electron chi connectivity index (χ2n) is 6.58. The SMILES string of the molecule is C[C@H](CC(=O)N1CCC[C@H](N2CCNC2=O)C1)C1CC1. The van der Waals surface area contributed by atoms with Crippen LogP contribution in [0.3, 0.4) is 0 Å². The maximum atomic E-state index is 12.4. The Morgan fingerprint density at radius 1 is 1.35 bits per heavy atom. The number of nitrogens with one attached hydrogen (secondary N) is 1. The highest BCUT2D eigenvalue weighted by molar-refractivity contribution is 5.78. The number of rotatable bonds is 4. The van der Waals surface area contributed by atoms with Crippen LogP contribution in [-0.2, 0) is 4.79 Å². The first kappa shape index (κ1) is 13.7. The number of hydrogen-bond donors (Lipinski definition) is 1. The number of carbonyl (C=O) groups excluding carboxylic acids is 2. The van der Waals surface area contributed by atoms with E-state index < -0.39 is 0 Å². The van der Waals surface area contributed by atoms with Gasteiger partial charge in [-0.15, -0.1) is 0 Å². The number of carbonyl (C=O) groups is 2. The van der Waals surface area contributed by atoms with Gasteiger partial charge in [-0.25, -0.2) is 4.79 Å². The molecule has 5 nitrogen and oxygen atoms in total. The Balaban J connectivity index is 1.54. The summed E-state index contributed by atoms with van der Waals surface area (Å²) in [7, 11) is 0. The van der Waals surface area contributed by atoms with Gasteiger partial charge in [0, 0.05) is 32.6 Å². The molecule has 2 saturated heterocycles. The molecule has 3 aliphatic rings. The predicted molar refractivity (Wildman–Crippen MR) is 76.2 cm³/mol. The molecule has 0 aromatic carbocycles. The molecule has 3 amide bonds. The van der Waals surface area contributed by atoms with Gasteiger partial charge in [0.2, 0.25) is 5.91 Å². The van der Waals surface area contributed by atoms with Crippen LogP contribution in [0.1, 0.15) is 39.0 Å². The lowest BCUT2D eigenvalue weighted by molar-refractivity contribution is -0.134. The molecule has 2 heterocycles. The van der Waals surface area contributed by atoms with Crippen LogP contribution in [0.4, 0.5) is 4.79 Å². The van der Waals surface area contributed by atoms with E-state index in [9.17, 15) is 9.59 Å². The lowest BCUT2D eigenvalue weighted by Crippen LogP contribution is -2.50. The summed E-state index contributed by atoms with van der Waals surface area (Å²) in [6, 6.07) is 0.252. The van der Waals surface area contributed by atoms with Gasteiger partial charge in [0.25, 0.3) is 0 Å². The number of urea groups is 1. The minimum Gasteiger partial charge on any atom is -0.341 e. The van der Waals surface area contributed by atoms with Crippen molar-refractivity contribution in [2.45, 2.75) is 45.1 Å². The fraction of sp³-hybridized carbons (Fsp3) is 0.867. The molecule has 20 heavy (non-hydrogen) atoms. The number of piperidine rings is 1. The molecule has 0 aromatic heterocycles. The first-order chi connectivity index (χ1) is 9.65. The molecule has 1 N–H and O–H groups in total. The summed E-state index contributed by atoms with van der Waals surface area (Å²) >= 11 is 0. The zero-order valence-corrected chi connectivity index (χ0v) is 12.3. The molecule has 3 rings (SSSR count). The molecular formula is C15H25N3O2. The van der Waals surface area contributed by atoms with E-state index >= 15 is 0 Å². The fourth-order valence-corrected chi connectivity index (χ4v) is 3.51. The molecule has 0 aromatic rings. The van der Waals surface area contributed by atoms with Crippen LogP contribution < -0.4 is 5.32 Å². The number of hydrogen-bond acceptors (Lipinski definition) is 2. The maximum Gasteiger partial charge on any atom is 0.317 e. The van der Waals surface area contributed by atoms with Crippen LogP contribution in [0.5, 0.6) is 0 Å². The van der Waals surface area contributed by atoms with E-state index in [2.05, 4.69) is 12.2 Å². The standard InChI is InChI=1S/C15H25N3O2/c1-11(12-4-5-12)9-14(19)17-7-2-3-13(10-17)18-8-6-16-15(18)20/h11-13H,2-10H2,1H3,(H,16,20)/t11-,13+/m1/s1. The normalized spacial score (nSPS) is 28.4. The Morgan fingerprint density at radius 3 is 2.80 bits per heavy atom. The predicted octanol–water partition coefficient (Wildman–Crippen LogP) is 1.44. The zero-order chi connectivity index (χ0) is 14.1. The third-order valence-corrected chi connectivity index (χ3v) is 5.00. The Morgan fingerprint density at radius 2 is 2.15 bits per heavy atom. The minimum atomic E-state index is 0.0376. The molecule has 1 saturated carbocycles. The highest BCUT2D eigenvalue weighted by atomic mass is 16.2. The lowest BCUT2D eigenvalue weighted by atomic mass is 9.99. The first-order valence-corrected chi connectivity index (χ1v) is 7.97. The number of likely N-dealkylation sites (tertiary alicyclic amines) is 1. The summed E-state index contributed by atoms with van der Waals surface area (Å²) in [5.74, 6) is 1.59. The van der Waals surface area contributed by atoms with Gasteiger partial charge in [0.1, 0.15) is 0 Å². The Labute approximate surface area is 120 Å². The summed E-state index contributed by atoms with van der Waals surface area (Å²) in [5.41, 5.74) is 0. The van der Waals surface area contributed by atoms with Crippen molar-refractivity contribution in [1.82, 2.24) is 15.1 Å². The molecular weight excluding hydrogens is 254 g/mol. The van der Waals surface area contributed by atoms with Crippen LogP contribution in [0.25, 0.3) is 0 Å². The molecule has 2 aliphatic heterocycles. The van der Waals surface area contributed by atoms with Crippen LogP contribution in [0.15, 0.2) is 0 Å². The van der Waals surface area contributed by atoms with Crippen LogP contribution >= 0.6 is 0 Å². The van der Waals surface area contributed by atoms with Crippen LogP contribution in [0, 0.1) is 11.8 Å².